The molecule has 0 unspecified atom stereocenters. The van der Waals surface area contributed by atoms with E-state index in [0.29, 0.717) is 24.2 Å². The minimum Gasteiger partial charge on any atom is -0.330 e. The molecule has 0 saturated carbocycles. The standard InChI is InChI=1S/C12H13F2N3/c1-7-9(4-5-15)12(17-16-7)10-3-2-8(13)6-11(10)14/h2-3,6H,4-5,15H2,1H3,(H,16,17). The van der Waals surface area contributed by atoms with Crippen LogP contribution in [-0.2, 0) is 6.42 Å². The molecule has 0 fully saturated rings. The number of halogens is 2. The molecule has 3 N–H and O–H groups in total. The third kappa shape index (κ3) is 2.19. The monoisotopic (exact) mass is 237 g/mol. The van der Waals surface area contributed by atoms with E-state index in [0.717, 1.165) is 17.3 Å². The number of rotatable bonds is 3. The summed E-state index contributed by atoms with van der Waals surface area (Å²) in [5, 5.41) is 6.85. The van der Waals surface area contributed by atoms with Crippen LogP contribution in [0.15, 0.2) is 18.2 Å². The number of H-pyrrole nitrogens is 1. The third-order valence-electron chi connectivity index (χ3n) is 2.65. The molecule has 0 aliphatic carbocycles. The SMILES string of the molecule is Cc1[nH]nc(-c2ccc(F)cc2F)c1CCN. The van der Waals surface area contributed by atoms with E-state index in [4.69, 9.17) is 5.73 Å². The van der Waals surface area contributed by atoms with Gasteiger partial charge in [0.05, 0.1) is 5.69 Å². The molecular formula is C12H13F2N3. The molecule has 0 bridgehead atoms. The van der Waals surface area contributed by atoms with Gasteiger partial charge in [-0.25, -0.2) is 8.78 Å². The molecule has 0 aliphatic rings. The number of nitrogens with zero attached hydrogens (tertiary/aromatic N) is 1. The Balaban J connectivity index is 2.52. The minimum atomic E-state index is -0.616. The van der Waals surface area contributed by atoms with E-state index in [-0.39, 0.29) is 0 Å². The van der Waals surface area contributed by atoms with Gasteiger partial charge in [-0.05, 0) is 32.0 Å². The number of aromatic amines is 1. The van der Waals surface area contributed by atoms with Crippen LogP contribution < -0.4 is 5.73 Å². The zero-order valence-electron chi connectivity index (χ0n) is 9.43. The van der Waals surface area contributed by atoms with Crippen LogP contribution in [0, 0.1) is 18.6 Å². The molecule has 0 atom stereocenters. The Morgan fingerprint density at radius 1 is 1.35 bits per heavy atom. The molecule has 1 aromatic carbocycles. The van der Waals surface area contributed by atoms with Crippen LogP contribution in [0.5, 0.6) is 0 Å². The van der Waals surface area contributed by atoms with Gasteiger partial charge in [0.1, 0.15) is 11.6 Å². The zero-order chi connectivity index (χ0) is 12.4. The molecular weight excluding hydrogens is 224 g/mol. The summed E-state index contributed by atoms with van der Waals surface area (Å²) in [4.78, 5) is 0. The highest BCUT2D eigenvalue weighted by atomic mass is 19.1. The van der Waals surface area contributed by atoms with Crippen molar-refractivity contribution in [3.05, 3.63) is 41.1 Å². The van der Waals surface area contributed by atoms with E-state index in [1.165, 1.54) is 12.1 Å². The van der Waals surface area contributed by atoms with Gasteiger partial charge in [-0.1, -0.05) is 0 Å². The Bertz CT molecular complexity index is 535. The Kier molecular flexibility index (Phi) is 3.19. The van der Waals surface area contributed by atoms with Gasteiger partial charge < -0.3 is 5.73 Å². The van der Waals surface area contributed by atoms with Crippen molar-refractivity contribution < 1.29 is 8.78 Å². The van der Waals surface area contributed by atoms with Crippen LogP contribution in [-0.4, -0.2) is 16.7 Å². The first-order chi connectivity index (χ1) is 8.13. The number of benzene rings is 1. The molecule has 1 aromatic heterocycles. The largest absolute Gasteiger partial charge is 0.330 e. The fourth-order valence-corrected chi connectivity index (χ4v) is 1.81. The van der Waals surface area contributed by atoms with Crippen LogP contribution >= 0.6 is 0 Å². The Labute approximate surface area is 97.7 Å². The summed E-state index contributed by atoms with van der Waals surface area (Å²) in [6, 6.07) is 3.46. The average Bonchev–Trinajstić information content (AvgIpc) is 2.62. The lowest BCUT2D eigenvalue weighted by molar-refractivity contribution is 0.585. The second-order valence-corrected chi connectivity index (χ2v) is 3.84. The lowest BCUT2D eigenvalue weighted by atomic mass is 10.0. The van der Waals surface area contributed by atoms with E-state index in [2.05, 4.69) is 10.2 Å². The molecule has 0 amide bonds. The van der Waals surface area contributed by atoms with Gasteiger partial charge in [0.25, 0.3) is 0 Å². The lowest BCUT2D eigenvalue weighted by Gasteiger charge is -2.04. The topological polar surface area (TPSA) is 54.7 Å². The van der Waals surface area contributed by atoms with Crippen molar-refractivity contribution >= 4 is 0 Å². The summed E-state index contributed by atoms with van der Waals surface area (Å²) in [7, 11) is 0. The van der Waals surface area contributed by atoms with Crippen molar-refractivity contribution in [3.63, 3.8) is 0 Å². The van der Waals surface area contributed by atoms with Gasteiger partial charge >= 0.3 is 0 Å². The third-order valence-corrected chi connectivity index (χ3v) is 2.65. The first-order valence-corrected chi connectivity index (χ1v) is 5.33. The van der Waals surface area contributed by atoms with Gasteiger partial charge in [0.2, 0.25) is 0 Å². The zero-order valence-corrected chi connectivity index (χ0v) is 9.43. The second-order valence-electron chi connectivity index (χ2n) is 3.84. The van der Waals surface area contributed by atoms with Crippen molar-refractivity contribution in [2.24, 2.45) is 5.73 Å². The van der Waals surface area contributed by atoms with Crippen LogP contribution in [0.1, 0.15) is 11.3 Å². The normalized spacial score (nSPS) is 10.8. The molecule has 2 rings (SSSR count). The van der Waals surface area contributed by atoms with Crippen LogP contribution in [0.25, 0.3) is 11.3 Å². The number of aromatic nitrogens is 2. The Morgan fingerprint density at radius 3 is 2.76 bits per heavy atom. The molecule has 0 aliphatic heterocycles. The fraction of sp³-hybridized carbons (Fsp3) is 0.250. The molecule has 3 nitrogen and oxygen atoms in total. The highest BCUT2D eigenvalue weighted by Crippen LogP contribution is 2.26. The van der Waals surface area contributed by atoms with E-state index >= 15 is 0 Å². The summed E-state index contributed by atoms with van der Waals surface area (Å²) in [6.45, 7) is 2.30. The maximum atomic E-state index is 13.6. The maximum absolute atomic E-state index is 13.6. The lowest BCUT2D eigenvalue weighted by Crippen LogP contribution is -2.04. The summed E-state index contributed by atoms with van der Waals surface area (Å²) in [5.74, 6) is -1.21. The number of aryl methyl sites for hydroxylation is 1. The van der Waals surface area contributed by atoms with Crippen molar-refractivity contribution in [1.82, 2.24) is 10.2 Å². The number of hydrogen-bond acceptors (Lipinski definition) is 2. The highest BCUT2D eigenvalue weighted by Gasteiger charge is 2.15. The Morgan fingerprint density at radius 2 is 2.12 bits per heavy atom. The average molecular weight is 237 g/mol. The van der Waals surface area contributed by atoms with Crippen LogP contribution in [0.3, 0.4) is 0 Å². The molecule has 0 saturated heterocycles. The molecule has 0 radical (unpaired) electrons. The maximum Gasteiger partial charge on any atom is 0.135 e. The highest BCUT2D eigenvalue weighted by molar-refractivity contribution is 5.64. The molecule has 90 valence electrons. The first kappa shape index (κ1) is 11.7. The summed E-state index contributed by atoms with van der Waals surface area (Å²) < 4.78 is 26.5. The van der Waals surface area contributed by atoms with Gasteiger partial charge in [0.15, 0.2) is 0 Å². The van der Waals surface area contributed by atoms with E-state index in [1.807, 2.05) is 6.92 Å². The van der Waals surface area contributed by atoms with Gasteiger partial charge in [0, 0.05) is 22.9 Å². The van der Waals surface area contributed by atoms with Gasteiger partial charge in [-0.15, -0.1) is 0 Å². The molecule has 5 heteroatoms. The van der Waals surface area contributed by atoms with Crippen molar-refractivity contribution in [2.75, 3.05) is 6.54 Å². The van der Waals surface area contributed by atoms with Crippen LogP contribution in [0.4, 0.5) is 8.78 Å². The summed E-state index contributed by atoms with van der Waals surface area (Å²) >= 11 is 0. The van der Waals surface area contributed by atoms with Gasteiger partial charge in [-0.3, -0.25) is 5.10 Å². The first-order valence-electron chi connectivity index (χ1n) is 5.33. The van der Waals surface area contributed by atoms with Gasteiger partial charge in [-0.2, -0.15) is 5.10 Å². The predicted molar refractivity (Wildman–Crippen MR) is 61.4 cm³/mol. The summed E-state index contributed by atoms with van der Waals surface area (Å²) in [5.41, 5.74) is 8.03. The molecule has 0 spiro atoms. The Hall–Kier alpha value is -1.75. The molecule has 1 heterocycles. The van der Waals surface area contributed by atoms with Crippen molar-refractivity contribution in [1.29, 1.82) is 0 Å². The van der Waals surface area contributed by atoms with Crippen molar-refractivity contribution in [2.45, 2.75) is 13.3 Å². The summed E-state index contributed by atoms with van der Waals surface area (Å²) in [6.07, 6.45) is 0.606. The van der Waals surface area contributed by atoms with E-state index in [9.17, 15) is 8.78 Å². The molecule has 17 heavy (non-hydrogen) atoms. The number of hydrogen-bond donors (Lipinski definition) is 2. The fourth-order valence-electron chi connectivity index (χ4n) is 1.81. The van der Waals surface area contributed by atoms with Crippen LogP contribution in [0.2, 0.25) is 0 Å². The van der Waals surface area contributed by atoms with E-state index < -0.39 is 11.6 Å². The molecule has 2 aromatic rings. The van der Waals surface area contributed by atoms with Crippen molar-refractivity contribution in [3.8, 4) is 11.3 Å². The minimum absolute atomic E-state index is 0.291. The number of nitrogens with two attached hydrogens (primary N) is 1. The predicted octanol–water partition coefficient (Wildman–Crippen LogP) is 2.16. The van der Waals surface area contributed by atoms with E-state index in [1.54, 1.807) is 0 Å². The second kappa shape index (κ2) is 4.63. The number of nitrogens with one attached hydrogen (secondary N) is 1. The quantitative estimate of drug-likeness (QED) is 0.859. The smallest absolute Gasteiger partial charge is 0.135 e.